The molecule has 0 heterocycles. The standard InChI is InChI=1S/C23H34N6O9/c1-11(30)18(22(36)29-19(12(2)31)23(37)38)28-21(35)15(8-13-6-4-3-5-7-13)27-17(33)10-26-20(34)14(24)9-16(25)32/h3-7,11-12,14-15,18-19,30-31H,8-10,24H2,1-2H3,(H2,25,32)(H,26,34)(H,27,33)(H,28,35)(H,29,36)(H,37,38)/t11-,12-,14+,15+,18+,19+/m1/s1. The molecule has 0 aliphatic heterocycles. The molecule has 38 heavy (non-hydrogen) atoms. The Balaban J connectivity index is 3.00. The summed E-state index contributed by atoms with van der Waals surface area (Å²) in [6.45, 7) is 1.72. The Hall–Kier alpha value is -4.08. The summed E-state index contributed by atoms with van der Waals surface area (Å²) in [5.41, 5.74) is 11.1. The van der Waals surface area contributed by atoms with E-state index >= 15 is 0 Å². The van der Waals surface area contributed by atoms with Crippen LogP contribution in [-0.2, 0) is 35.2 Å². The smallest absolute Gasteiger partial charge is 0.328 e. The summed E-state index contributed by atoms with van der Waals surface area (Å²) in [6, 6.07) is 2.58. The molecule has 11 N–H and O–H groups in total. The van der Waals surface area contributed by atoms with Gasteiger partial charge in [0.1, 0.15) is 12.1 Å². The zero-order chi connectivity index (χ0) is 29.0. The second-order valence-electron chi connectivity index (χ2n) is 8.60. The first-order valence-corrected chi connectivity index (χ1v) is 11.6. The van der Waals surface area contributed by atoms with Gasteiger partial charge in [0.15, 0.2) is 6.04 Å². The van der Waals surface area contributed by atoms with E-state index in [0.29, 0.717) is 5.56 Å². The van der Waals surface area contributed by atoms with Crippen molar-refractivity contribution < 1.29 is 44.1 Å². The molecule has 5 amide bonds. The fourth-order valence-electron chi connectivity index (χ4n) is 3.20. The van der Waals surface area contributed by atoms with Gasteiger partial charge in [-0.05, 0) is 19.4 Å². The molecule has 0 aromatic heterocycles. The van der Waals surface area contributed by atoms with Crippen LogP contribution in [0.25, 0.3) is 0 Å². The number of hydrogen-bond acceptors (Lipinski definition) is 9. The van der Waals surface area contributed by atoms with Crippen LogP contribution in [-0.4, -0.2) is 93.7 Å². The molecule has 1 aromatic carbocycles. The first kappa shape index (κ1) is 31.9. The SMILES string of the molecule is C[C@@H](O)[C@H](NC(=O)[C@@H](NC(=O)[C@H](Cc1ccccc1)NC(=O)CNC(=O)[C@@H](N)CC(N)=O)[C@@H](C)O)C(=O)O. The van der Waals surface area contributed by atoms with Gasteiger partial charge in [0.2, 0.25) is 29.5 Å². The van der Waals surface area contributed by atoms with Gasteiger partial charge in [-0.2, -0.15) is 0 Å². The summed E-state index contributed by atoms with van der Waals surface area (Å²) >= 11 is 0. The van der Waals surface area contributed by atoms with Crippen molar-refractivity contribution in [1.29, 1.82) is 0 Å². The molecule has 1 aromatic rings. The molecule has 0 saturated carbocycles. The number of carboxylic acids is 1. The van der Waals surface area contributed by atoms with E-state index in [9.17, 15) is 44.1 Å². The normalized spacial score (nSPS) is 15.5. The van der Waals surface area contributed by atoms with Crippen LogP contribution in [0.3, 0.4) is 0 Å². The van der Waals surface area contributed by atoms with E-state index in [1.54, 1.807) is 30.3 Å². The monoisotopic (exact) mass is 538 g/mol. The van der Waals surface area contributed by atoms with Gasteiger partial charge < -0.3 is 48.1 Å². The Labute approximate surface area is 218 Å². The predicted molar refractivity (Wildman–Crippen MR) is 132 cm³/mol. The maximum Gasteiger partial charge on any atom is 0.328 e. The van der Waals surface area contributed by atoms with Crippen LogP contribution in [0.2, 0.25) is 0 Å². The number of amides is 5. The van der Waals surface area contributed by atoms with E-state index in [-0.39, 0.29) is 6.42 Å². The second kappa shape index (κ2) is 15.2. The molecular formula is C23H34N6O9. The van der Waals surface area contributed by atoms with Gasteiger partial charge in [0.05, 0.1) is 31.2 Å². The Kier molecular flexibility index (Phi) is 12.8. The molecule has 6 atom stereocenters. The van der Waals surface area contributed by atoms with Crippen LogP contribution in [0.15, 0.2) is 30.3 Å². The fraction of sp³-hybridized carbons (Fsp3) is 0.478. The molecule has 0 aliphatic carbocycles. The number of nitrogens with two attached hydrogens (primary N) is 2. The average Bonchev–Trinajstić information content (AvgIpc) is 2.83. The van der Waals surface area contributed by atoms with Crippen LogP contribution >= 0.6 is 0 Å². The Morgan fingerprint density at radius 1 is 0.842 bits per heavy atom. The lowest BCUT2D eigenvalue weighted by Crippen LogP contribution is -2.61. The lowest BCUT2D eigenvalue weighted by atomic mass is 10.0. The quantitative estimate of drug-likeness (QED) is 0.104. The van der Waals surface area contributed by atoms with Crippen molar-refractivity contribution in [3.05, 3.63) is 35.9 Å². The van der Waals surface area contributed by atoms with Gasteiger partial charge in [-0.3, -0.25) is 24.0 Å². The summed E-state index contributed by atoms with van der Waals surface area (Å²) in [7, 11) is 0. The summed E-state index contributed by atoms with van der Waals surface area (Å²) in [4.78, 5) is 72.3. The van der Waals surface area contributed by atoms with Crippen LogP contribution in [0.1, 0.15) is 25.8 Å². The van der Waals surface area contributed by atoms with Crippen molar-refractivity contribution >= 4 is 35.5 Å². The van der Waals surface area contributed by atoms with Gasteiger partial charge in [0, 0.05) is 6.42 Å². The zero-order valence-corrected chi connectivity index (χ0v) is 20.9. The minimum Gasteiger partial charge on any atom is -0.480 e. The molecule has 0 spiro atoms. The highest BCUT2D eigenvalue weighted by molar-refractivity contribution is 5.95. The van der Waals surface area contributed by atoms with Gasteiger partial charge in [-0.15, -0.1) is 0 Å². The van der Waals surface area contributed by atoms with Crippen molar-refractivity contribution in [2.75, 3.05) is 6.54 Å². The summed E-state index contributed by atoms with van der Waals surface area (Å²) in [5.74, 6) is -5.95. The van der Waals surface area contributed by atoms with Crippen LogP contribution in [0.5, 0.6) is 0 Å². The topological polar surface area (TPSA) is 263 Å². The molecule has 0 fully saturated rings. The molecule has 15 nitrogen and oxygen atoms in total. The number of carboxylic acid groups (broad SMARTS) is 1. The van der Waals surface area contributed by atoms with Gasteiger partial charge >= 0.3 is 5.97 Å². The fourth-order valence-corrected chi connectivity index (χ4v) is 3.20. The molecule has 0 unspecified atom stereocenters. The number of carbonyl (C=O) groups excluding carboxylic acids is 5. The number of aliphatic carboxylic acids is 1. The minimum atomic E-state index is -1.70. The molecule has 0 aliphatic rings. The molecule has 210 valence electrons. The highest BCUT2D eigenvalue weighted by Crippen LogP contribution is 2.06. The molecular weight excluding hydrogens is 504 g/mol. The number of primary amides is 1. The lowest BCUT2D eigenvalue weighted by Gasteiger charge is -2.26. The van der Waals surface area contributed by atoms with E-state index in [1.165, 1.54) is 6.92 Å². The number of benzene rings is 1. The Bertz CT molecular complexity index is 1000. The zero-order valence-electron chi connectivity index (χ0n) is 20.9. The van der Waals surface area contributed by atoms with Crippen molar-refractivity contribution in [3.63, 3.8) is 0 Å². The third-order valence-electron chi connectivity index (χ3n) is 5.22. The molecule has 0 radical (unpaired) electrons. The van der Waals surface area contributed by atoms with E-state index < -0.39 is 84.8 Å². The summed E-state index contributed by atoms with van der Waals surface area (Å²) in [5, 5.41) is 37.8. The molecule has 15 heteroatoms. The number of aliphatic hydroxyl groups is 2. The maximum atomic E-state index is 13.1. The first-order chi connectivity index (χ1) is 17.7. The molecule has 0 bridgehead atoms. The van der Waals surface area contributed by atoms with Gasteiger partial charge in [0.25, 0.3) is 0 Å². The van der Waals surface area contributed by atoms with Gasteiger partial charge in [-0.25, -0.2) is 4.79 Å². The van der Waals surface area contributed by atoms with Crippen molar-refractivity contribution in [3.8, 4) is 0 Å². The Morgan fingerprint density at radius 3 is 1.89 bits per heavy atom. The first-order valence-electron chi connectivity index (χ1n) is 11.6. The highest BCUT2D eigenvalue weighted by Gasteiger charge is 2.33. The second-order valence-corrected chi connectivity index (χ2v) is 8.60. The van der Waals surface area contributed by atoms with E-state index in [1.807, 2.05) is 5.32 Å². The van der Waals surface area contributed by atoms with E-state index in [2.05, 4.69) is 16.0 Å². The summed E-state index contributed by atoms with van der Waals surface area (Å²) < 4.78 is 0. The van der Waals surface area contributed by atoms with E-state index in [4.69, 9.17) is 11.5 Å². The van der Waals surface area contributed by atoms with Crippen LogP contribution in [0, 0.1) is 0 Å². The maximum absolute atomic E-state index is 13.1. The number of aliphatic hydroxyl groups excluding tert-OH is 2. The van der Waals surface area contributed by atoms with Crippen molar-refractivity contribution in [1.82, 2.24) is 21.3 Å². The van der Waals surface area contributed by atoms with Crippen molar-refractivity contribution in [2.24, 2.45) is 11.5 Å². The number of carbonyl (C=O) groups is 6. The van der Waals surface area contributed by atoms with Crippen LogP contribution in [0.4, 0.5) is 0 Å². The summed E-state index contributed by atoms with van der Waals surface area (Å²) in [6.07, 6.45) is -3.44. The average molecular weight is 539 g/mol. The Morgan fingerprint density at radius 2 is 1.39 bits per heavy atom. The highest BCUT2D eigenvalue weighted by atomic mass is 16.4. The minimum absolute atomic E-state index is 0.0485. The van der Waals surface area contributed by atoms with Crippen molar-refractivity contribution in [2.45, 2.75) is 63.1 Å². The largest absolute Gasteiger partial charge is 0.480 e. The van der Waals surface area contributed by atoms with Gasteiger partial charge in [-0.1, -0.05) is 30.3 Å². The van der Waals surface area contributed by atoms with E-state index in [0.717, 1.165) is 6.92 Å². The third kappa shape index (κ3) is 10.9. The predicted octanol–water partition coefficient (Wildman–Crippen LogP) is -4.15. The molecule has 0 saturated heterocycles. The number of hydrogen-bond donors (Lipinski definition) is 9. The molecule has 1 rings (SSSR count). The lowest BCUT2D eigenvalue weighted by molar-refractivity contribution is -0.146. The number of nitrogens with one attached hydrogen (secondary N) is 4. The number of rotatable bonds is 15. The van der Waals surface area contributed by atoms with Crippen LogP contribution < -0.4 is 32.7 Å². The third-order valence-corrected chi connectivity index (χ3v) is 5.22.